The molecule has 1 heterocycles. The molecule has 18 heavy (non-hydrogen) atoms. The molecule has 2 unspecified atom stereocenters. The van der Waals surface area contributed by atoms with Crippen LogP contribution in [0.15, 0.2) is 0 Å². The monoisotopic (exact) mass is 254 g/mol. The first-order chi connectivity index (χ1) is 8.69. The number of piperidine rings is 1. The molecule has 0 aromatic carbocycles. The zero-order chi connectivity index (χ0) is 13.4. The van der Waals surface area contributed by atoms with Crippen molar-refractivity contribution in [2.24, 2.45) is 0 Å². The lowest BCUT2D eigenvalue weighted by atomic mass is 10.0. The second-order valence-electron chi connectivity index (χ2n) is 5.55. The van der Waals surface area contributed by atoms with Gasteiger partial charge in [-0.05, 0) is 39.2 Å². The standard InChI is InChI=1S/C15H30N2O/c1-4-6-11-17(13(3)5-2)15(18)12-14-9-7-8-10-16-14/h13-14,16H,4-12H2,1-3H3. The number of amides is 1. The largest absolute Gasteiger partial charge is 0.340 e. The third-order valence-corrected chi connectivity index (χ3v) is 4.03. The van der Waals surface area contributed by atoms with Crippen LogP contribution < -0.4 is 5.32 Å². The lowest BCUT2D eigenvalue weighted by Gasteiger charge is -2.31. The highest BCUT2D eigenvalue weighted by molar-refractivity contribution is 5.77. The van der Waals surface area contributed by atoms with Gasteiger partial charge in [0, 0.05) is 25.0 Å². The first kappa shape index (κ1) is 15.5. The minimum absolute atomic E-state index is 0.345. The Morgan fingerprint density at radius 1 is 1.39 bits per heavy atom. The van der Waals surface area contributed by atoms with Gasteiger partial charge in [0.25, 0.3) is 0 Å². The fourth-order valence-corrected chi connectivity index (χ4v) is 2.57. The van der Waals surface area contributed by atoms with Crippen molar-refractivity contribution in [2.75, 3.05) is 13.1 Å². The van der Waals surface area contributed by atoms with Gasteiger partial charge in [-0.2, -0.15) is 0 Å². The molecule has 3 nitrogen and oxygen atoms in total. The summed E-state index contributed by atoms with van der Waals surface area (Å²) in [5, 5.41) is 3.47. The summed E-state index contributed by atoms with van der Waals surface area (Å²) in [7, 11) is 0. The van der Waals surface area contributed by atoms with Crippen LogP contribution in [-0.2, 0) is 4.79 Å². The quantitative estimate of drug-likeness (QED) is 0.757. The second-order valence-corrected chi connectivity index (χ2v) is 5.55. The minimum Gasteiger partial charge on any atom is -0.340 e. The first-order valence-corrected chi connectivity index (χ1v) is 7.71. The van der Waals surface area contributed by atoms with Crippen LogP contribution in [0.3, 0.4) is 0 Å². The van der Waals surface area contributed by atoms with Crippen LogP contribution in [-0.4, -0.2) is 36.0 Å². The normalized spacial score (nSPS) is 21.6. The number of nitrogens with zero attached hydrogens (tertiary/aromatic N) is 1. The molecule has 0 bridgehead atoms. The van der Waals surface area contributed by atoms with E-state index < -0.39 is 0 Å². The van der Waals surface area contributed by atoms with Crippen molar-refractivity contribution in [1.82, 2.24) is 10.2 Å². The predicted molar refractivity (Wildman–Crippen MR) is 76.6 cm³/mol. The molecular weight excluding hydrogens is 224 g/mol. The van der Waals surface area contributed by atoms with Gasteiger partial charge in [0.05, 0.1) is 0 Å². The fourth-order valence-electron chi connectivity index (χ4n) is 2.57. The summed E-state index contributed by atoms with van der Waals surface area (Å²) >= 11 is 0. The van der Waals surface area contributed by atoms with E-state index in [-0.39, 0.29) is 0 Å². The number of hydrogen-bond acceptors (Lipinski definition) is 2. The van der Waals surface area contributed by atoms with E-state index in [4.69, 9.17) is 0 Å². The molecule has 3 heteroatoms. The predicted octanol–water partition coefficient (Wildman–Crippen LogP) is 2.95. The van der Waals surface area contributed by atoms with Gasteiger partial charge < -0.3 is 10.2 Å². The topological polar surface area (TPSA) is 32.3 Å². The van der Waals surface area contributed by atoms with E-state index in [1.54, 1.807) is 0 Å². The van der Waals surface area contributed by atoms with Gasteiger partial charge in [-0.3, -0.25) is 4.79 Å². The molecule has 1 aliphatic heterocycles. The summed E-state index contributed by atoms with van der Waals surface area (Å²) in [5.41, 5.74) is 0. The van der Waals surface area contributed by atoms with Crippen molar-refractivity contribution in [3.05, 3.63) is 0 Å². The molecule has 0 saturated carbocycles. The van der Waals surface area contributed by atoms with Gasteiger partial charge in [-0.25, -0.2) is 0 Å². The zero-order valence-electron chi connectivity index (χ0n) is 12.4. The summed E-state index contributed by atoms with van der Waals surface area (Å²) in [5.74, 6) is 0.345. The summed E-state index contributed by atoms with van der Waals surface area (Å²) in [4.78, 5) is 14.5. The maximum Gasteiger partial charge on any atom is 0.224 e. The van der Waals surface area contributed by atoms with E-state index in [1.807, 2.05) is 0 Å². The highest BCUT2D eigenvalue weighted by Crippen LogP contribution is 2.14. The number of carbonyl (C=O) groups is 1. The highest BCUT2D eigenvalue weighted by atomic mass is 16.2. The van der Waals surface area contributed by atoms with E-state index >= 15 is 0 Å². The third kappa shape index (κ3) is 4.97. The zero-order valence-corrected chi connectivity index (χ0v) is 12.4. The molecule has 1 N–H and O–H groups in total. The van der Waals surface area contributed by atoms with E-state index in [1.165, 1.54) is 12.8 Å². The van der Waals surface area contributed by atoms with Crippen molar-refractivity contribution in [3.8, 4) is 0 Å². The second kappa shape index (κ2) is 8.52. The molecule has 1 amide bonds. The molecule has 0 radical (unpaired) electrons. The number of rotatable bonds is 7. The van der Waals surface area contributed by atoms with Gasteiger partial charge in [0.1, 0.15) is 0 Å². The molecule has 2 atom stereocenters. The Kier molecular flexibility index (Phi) is 7.33. The Labute approximate surface area is 112 Å². The smallest absolute Gasteiger partial charge is 0.224 e. The van der Waals surface area contributed by atoms with Crippen LogP contribution in [0.25, 0.3) is 0 Å². The van der Waals surface area contributed by atoms with Crippen molar-refractivity contribution >= 4 is 5.91 Å². The number of nitrogens with one attached hydrogen (secondary N) is 1. The average Bonchev–Trinajstić information content (AvgIpc) is 2.40. The summed E-state index contributed by atoms with van der Waals surface area (Å²) in [6.45, 7) is 8.52. The van der Waals surface area contributed by atoms with Crippen molar-refractivity contribution < 1.29 is 4.79 Å². The van der Waals surface area contributed by atoms with Crippen molar-refractivity contribution in [2.45, 2.75) is 77.8 Å². The molecule has 0 aromatic rings. The van der Waals surface area contributed by atoms with Crippen LogP contribution in [0.4, 0.5) is 0 Å². The number of hydrogen-bond donors (Lipinski definition) is 1. The third-order valence-electron chi connectivity index (χ3n) is 4.03. The SMILES string of the molecule is CCCCN(C(=O)CC1CCCCN1)C(C)CC. The molecule has 1 fully saturated rings. The number of unbranched alkanes of at least 4 members (excludes halogenated alkanes) is 1. The lowest BCUT2D eigenvalue weighted by Crippen LogP contribution is -2.44. The van der Waals surface area contributed by atoms with E-state index in [0.29, 0.717) is 24.4 Å². The Bertz CT molecular complexity index is 237. The summed E-state index contributed by atoms with van der Waals surface area (Å²) in [6, 6.07) is 0.798. The van der Waals surface area contributed by atoms with Gasteiger partial charge in [0.15, 0.2) is 0 Å². The van der Waals surface area contributed by atoms with Gasteiger partial charge >= 0.3 is 0 Å². The van der Waals surface area contributed by atoms with E-state index in [2.05, 4.69) is 31.0 Å². The van der Waals surface area contributed by atoms with Crippen LogP contribution in [0.5, 0.6) is 0 Å². The molecule has 1 aliphatic rings. The maximum absolute atomic E-state index is 12.4. The lowest BCUT2D eigenvalue weighted by molar-refractivity contribution is -0.134. The van der Waals surface area contributed by atoms with E-state index in [0.717, 1.165) is 38.8 Å². The average molecular weight is 254 g/mol. The molecule has 0 spiro atoms. The molecule has 0 aliphatic carbocycles. The summed E-state index contributed by atoms with van der Waals surface area (Å²) in [6.07, 6.45) is 7.70. The van der Waals surface area contributed by atoms with Gasteiger partial charge in [-0.15, -0.1) is 0 Å². The van der Waals surface area contributed by atoms with Gasteiger partial charge in [0.2, 0.25) is 5.91 Å². The number of carbonyl (C=O) groups excluding carboxylic acids is 1. The molecule has 1 saturated heterocycles. The Balaban J connectivity index is 2.46. The van der Waals surface area contributed by atoms with Gasteiger partial charge in [-0.1, -0.05) is 26.7 Å². The Morgan fingerprint density at radius 2 is 2.17 bits per heavy atom. The van der Waals surface area contributed by atoms with Crippen LogP contribution in [0.2, 0.25) is 0 Å². The molecule has 106 valence electrons. The Morgan fingerprint density at radius 3 is 2.72 bits per heavy atom. The molecule has 0 aromatic heterocycles. The molecular formula is C15H30N2O. The minimum atomic E-state index is 0.345. The maximum atomic E-state index is 12.4. The Hall–Kier alpha value is -0.570. The molecule has 1 rings (SSSR count). The summed E-state index contributed by atoms with van der Waals surface area (Å²) < 4.78 is 0. The van der Waals surface area contributed by atoms with Crippen LogP contribution >= 0.6 is 0 Å². The first-order valence-electron chi connectivity index (χ1n) is 7.71. The van der Waals surface area contributed by atoms with Crippen LogP contribution in [0, 0.1) is 0 Å². The van der Waals surface area contributed by atoms with Crippen molar-refractivity contribution in [1.29, 1.82) is 0 Å². The highest BCUT2D eigenvalue weighted by Gasteiger charge is 2.22. The van der Waals surface area contributed by atoms with Crippen molar-refractivity contribution in [3.63, 3.8) is 0 Å². The van der Waals surface area contributed by atoms with E-state index in [9.17, 15) is 4.79 Å². The fraction of sp³-hybridized carbons (Fsp3) is 0.933. The van der Waals surface area contributed by atoms with Crippen LogP contribution in [0.1, 0.15) is 65.7 Å².